The monoisotopic (exact) mass is 207 g/mol. The molecule has 0 aliphatic rings. The molecule has 0 saturated heterocycles. The van der Waals surface area contributed by atoms with E-state index in [-0.39, 0.29) is 23.5 Å². The molecule has 80 valence electrons. The number of hydrogen-bond donors (Lipinski definition) is 1. The van der Waals surface area contributed by atoms with E-state index in [0.29, 0.717) is 0 Å². The lowest BCUT2D eigenvalue weighted by atomic mass is 10.2. The second kappa shape index (κ2) is 5.60. The van der Waals surface area contributed by atoms with Crippen LogP contribution < -0.4 is 5.73 Å². The number of rotatable bonds is 6. The molecular formula is C9H21NO2S. The quantitative estimate of drug-likeness (QED) is 0.711. The summed E-state index contributed by atoms with van der Waals surface area (Å²) < 4.78 is 22.9. The van der Waals surface area contributed by atoms with Crippen molar-refractivity contribution < 1.29 is 8.42 Å². The van der Waals surface area contributed by atoms with Crippen molar-refractivity contribution in [3.8, 4) is 0 Å². The Kier molecular flexibility index (Phi) is 5.56. The molecule has 0 spiro atoms. The standard InChI is InChI=1S/C9H21NO2S/c1-4-5-9(10)7-13(11,12)6-8(2)3/h8-9H,4-7,10H2,1-3H3. The largest absolute Gasteiger partial charge is 0.327 e. The maximum Gasteiger partial charge on any atom is 0.152 e. The predicted octanol–water partition coefficient (Wildman–Crippen LogP) is 1.18. The van der Waals surface area contributed by atoms with Crippen molar-refractivity contribution in [3.05, 3.63) is 0 Å². The molecule has 0 aromatic rings. The molecule has 1 unspecified atom stereocenters. The highest BCUT2D eigenvalue weighted by atomic mass is 32.2. The van der Waals surface area contributed by atoms with Crippen LogP contribution in [-0.4, -0.2) is 26.0 Å². The molecule has 0 amide bonds. The van der Waals surface area contributed by atoms with Gasteiger partial charge in [-0.3, -0.25) is 0 Å². The van der Waals surface area contributed by atoms with Crippen molar-refractivity contribution in [1.82, 2.24) is 0 Å². The van der Waals surface area contributed by atoms with E-state index in [4.69, 9.17) is 5.73 Å². The van der Waals surface area contributed by atoms with Crippen LogP contribution in [0.15, 0.2) is 0 Å². The first-order chi connectivity index (χ1) is 5.87. The molecule has 0 saturated carbocycles. The van der Waals surface area contributed by atoms with Crippen LogP contribution in [0.3, 0.4) is 0 Å². The second-order valence-electron chi connectivity index (χ2n) is 4.02. The molecule has 3 nitrogen and oxygen atoms in total. The molecular weight excluding hydrogens is 186 g/mol. The van der Waals surface area contributed by atoms with Crippen molar-refractivity contribution in [2.45, 2.75) is 39.7 Å². The average molecular weight is 207 g/mol. The molecule has 0 fully saturated rings. The fourth-order valence-corrected chi connectivity index (χ4v) is 3.33. The fraction of sp³-hybridized carbons (Fsp3) is 1.00. The molecule has 0 rings (SSSR count). The average Bonchev–Trinajstić information content (AvgIpc) is 1.81. The fourth-order valence-electron chi connectivity index (χ4n) is 1.36. The number of hydrogen-bond acceptors (Lipinski definition) is 3. The van der Waals surface area contributed by atoms with Gasteiger partial charge in [0.05, 0.1) is 11.5 Å². The molecule has 0 aliphatic carbocycles. The van der Waals surface area contributed by atoms with Gasteiger partial charge in [-0.25, -0.2) is 8.42 Å². The zero-order valence-corrected chi connectivity index (χ0v) is 9.60. The maximum absolute atomic E-state index is 11.4. The number of nitrogens with two attached hydrogens (primary N) is 1. The summed E-state index contributed by atoms with van der Waals surface area (Å²) in [6.07, 6.45) is 1.73. The lowest BCUT2D eigenvalue weighted by Crippen LogP contribution is -2.31. The van der Waals surface area contributed by atoms with Crippen LogP contribution in [0.2, 0.25) is 0 Å². The van der Waals surface area contributed by atoms with Gasteiger partial charge in [-0.1, -0.05) is 27.2 Å². The van der Waals surface area contributed by atoms with E-state index in [0.717, 1.165) is 12.8 Å². The molecule has 0 radical (unpaired) electrons. The van der Waals surface area contributed by atoms with Gasteiger partial charge in [0.15, 0.2) is 9.84 Å². The molecule has 4 heteroatoms. The molecule has 13 heavy (non-hydrogen) atoms. The van der Waals surface area contributed by atoms with Crippen LogP contribution in [0.1, 0.15) is 33.6 Å². The van der Waals surface area contributed by atoms with Crippen molar-refractivity contribution in [3.63, 3.8) is 0 Å². The van der Waals surface area contributed by atoms with Crippen LogP contribution in [0, 0.1) is 5.92 Å². The third kappa shape index (κ3) is 7.02. The van der Waals surface area contributed by atoms with E-state index in [1.54, 1.807) is 0 Å². The zero-order chi connectivity index (χ0) is 10.5. The van der Waals surface area contributed by atoms with Gasteiger partial charge < -0.3 is 5.73 Å². The first kappa shape index (κ1) is 12.9. The van der Waals surface area contributed by atoms with E-state index < -0.39 is 9.84 Å². The van der Waals surface area contributed by atoms with Crippen LogP contribution >= 0.6 is 0 Å². The van der Waals surface area contributed by atoms with Crippen molar-refractivity contribution in [2.75, 3.05) is 11.5 Å². The Balaban J connectivity index is 4.02. The Morgan fingerprint density at radius 3 is 2.15 bits per heavy atom. The summed E-state index contributed by atoms with van der Waals surface area (Å²) in [4.78, 5) is 0. The van der Waals surface area contributed by atoms with Crippen LogP contribution in [0.5, 0.6) is 0 Å². The van der Waals surface area contributed by atoms with Crippen molar-refractivity contribution in [2.24, 2.45) is 11.7 Å². The Morgan fingerprint density at radius 1 is 1.23 bits per heavy atom. The SMILES string of the molecule is CCCC(N)CS(=O)(=O)CC(C)C. The van der Waals surface area contributed by atoms with Gasteiger partial charge in [0, 0.05) is 6.04 Å². The smallest absolute Gasteiger partial charge is 0.152 e. The molecule has 0 heterocycles. The summed E-state index contributed by atoms with van der Waals surface area (Å²) in [7, 11) is -2.93. The highest BCUT2D eigenvalue weighted by molar-refractivity contribution is 7.91. The number of sulfone groups is 1. The summed E-state index contributed by atoms with van der Waals surface area (Å²) in [5, 5.41) is 0. The lowest BCUT2D eigenvalue weighted by Gasteiger charge is -2.12. The lowest BCUT2D eigenvalue weighted by molar-refractivity contribution is 0.566. The third-order valence-corrected chi connectivity index (χ3v) is 3.83. The summed E-state index contributed by atoms with van der Waals surface area (Å²) in [5.41, 5.74) is 5.67. The minimum absolute atomic E-state index is 0.138. The van der Waals surface area contributed by atoms with E-state index in [1.807, 2.05) is 20.8 Å². The maximum atomic E-state index is 11.4. The molecule has 2 N–H and O–H groups in total. The summed E-state index contributed by atoms with van der Waals surface area (Å²) in [6.45, 7) is 5.82. The highest BCUT2D eigenvalue weighted by Crippen LogP contribution is 2.04. The first-order valence-electron chi connectivity index (χ1n) is 4.83. The molecule has 0 aromatic heterocycles. The minimum Gasteiger partial charge on any atom is -0.327 e. The van der Waals surface area contributed by atoms with Crippen LogP contribution in [-0.2, 0) is 9.84 Å². The topological polar surface area (TPSA) is 60.2 Å². The second-order valence-corrected chi connectivity index (χ2v) is 6.17. The molecule has 0 aliphatic heterocycles. The summed E-state index contributed by atoms with van der Waals surface area (Å²) >= 11 is 0. The highest BCUT2D eigenvalue weighted by Gasteiger charge is 2.16. The van der Waals surface area contributed by atoms with E-state index in [2.05, 4.69) is 0 Å². The van der Waals surface area contributed by atoms with Gasteiger partial charge in [0.25, 0.3) is 0 Å². The van der Waals surface area contributed by atoms with E-state index in [9.17, 15) is 8.42 Å². The molecule has 0 bridgehead atoms. The zero-order valence-electron chi connectivity index (χ0n) is 8.79. The Bertz CT molecular complexity index is 222. The van der Waals surface area contributed by atoms with Gasteiger partial charge in [0.1, 0.15) is 0 Å². The molecule has 1 atom stereocenters. The summed E-state index contributed by atoms with van der Waals surface area (Å²) in [6, 6.07) is -0.186. The van der Waals surface area contributed by atoms with Crippen molar-refractivity contribution >= 4 is 9.84 Å². The Morgan fingerprint density at radius 2 is 1.77 bits per heavy atom. The van der Waals surface area contributed by atoms with Gasteiger partial charge in [-0.05, 0) is 12.3 Å². The summed E-state index contributed by atoms with van der Waals surface area (Å²) in [5.74, 6) is 0.586. The normalized spacial score (nSPS) is 14.8. The van der Waals surface area contributed by atoms with Gasteiger partial charge in [-0.2, -0.15) is 0 Å². The van der Waals surface area contributed by atoms with E-state index in [1.165, 1.54) is 0 Å². The Hall–Kier alpha value is -0.0900. The van der Waals surface area contributed by atoms with Gasteiger partial charge >= 0.3 is 0 Å². The van der Waals surface area contributed by atoms with E-state index >= 15 is 0 Å². The molecule has 0 aromatic carbocycles. The third-order valence-electron chi connectivity index (χ3n) is 1.71. The Labute approximate surface area is 81.6 Å². The minimum atomic E-state index is -2.93. The van der Waals surface area contributed by atoms with Gasteiger partial charge in [0.2, 0.25) is 0 Å². The van der Waals surface area contributed by atoms with Crippen LogP contribution in [0.25, 0.3) is 0 Å². The van der Waals surface area contributed by atoms with Crippen molar-refractivity contribution in [1.29, 1.82) is 0 Å². The predicted molar refractivity (Wildman–Crippen MR) is 56.4 cm³/mol. The van der Waals surface area contributed by atoms with Gasteiger partial charge in [-0.15, -0.1) is 0 Å². The van der Waals surface area contributed by atoms with Crippen LogP contribution in [0.4, 0.5) is 0 Å². The first-order valence-corrected chi connectivity index (χ1v) is 6.65.